The van der Waals surface area contributed by atoms with E-state index in [0.717, 1.165) is 11.1 Å². The summed E-state index contributed by atoms with van der Waals surface area (Å²) in [5, 5.41) is 5.09. The fraction of sp³-hybridized carbons (Fsp3) is 0.250. The van der Waals surface area contributed by atoms with E-state index in [1.54, 1.807) is 30.3 Å². The third-order valence-electron chi connectivity index (χ3n) is 3.73. The number of amides is 2. The number of ether oxygens (including phenoxy) is 1. The molecule has 2 amide bonds. The molecule has 0 saturated carbocycles. The van der Waals surface area contributed by atoms with Crippen LogP contribution in [0.2, 0.25) is 0 Å². The molecular formula is C20H21FN2O4. The molecule has 7 heteroatoms. The molecule has 0 aliphatic carbocycles. The smallest absolute Gasteiger partial charge is 0.328 e. The Morgan fingerprint density at radius 1 is 1.11 bits per heavy atom. The van der Waals surface area contributed by atoms with Gasteiger partial charge in [-0.25, -0.2) is 9.18 Å². The topological polar surface area (TPSA) is 84.5 Å². The minimum absolute atomic E-state index is 0.191. The van der Waals surface area contributed by atoms with Crippen LogP contribution in [-0.2, 0) is 20.9 Å². The van der Waals surface area contributed by atoms with E-state index in [9.17, 15) is 18.8 Å². The first-order valence-electron chi connectivity index (χ1n) is 8.40. The maximum atomic E-state index is 12.8. The fourth-order valence-corrected chi connectivity index (χ4v) is 2.24. The van der Waals surface area contributed by atoms with Crippen LogP contribution >= 0.6 is 0 Å². The lowest BCUT2D eigenvalue weighted by atomic mass is 10.1. The molecule has 0 aliphatic rings. The summed E-state index contributed by atoms with van der Waals surface area (Å²) >= 11 is 0. The summed E-state index contributed by atoms with van der Waals surface area (Å²) in [7, 11) is 0. The van der Waals surface area contributed by atoms with Gasteiger partial charge in [-0.15, -0.1) is 0 Å². The molecule has 0 saturated heterocycles. The lowest BCUT2D eigenvalue weighted by Gasteiger charge is -2.13. The minimum atomic E-state index is -0.900. The van der Waals surface area contributed by atoms with E-state index in [0.29, 0.717) is 5.56 Å². The molecule has 0 aliphatic heterocycles. The van der Waals surface area contributed by atoms with Gasteiger partial charge in [0.15, 0.2) is 6.61 Å². The van der Waals surface area contributed by atoms with Gasteiger partial charge in [0.05, 0.1) is 0 Å². The Labute approximate surface area is 156 Å². The van der Waals surface area contributed by atoms with Gasteiger partial charge < -0.3 is 15.4 Å². The highest BCUT2D eigenvalue weighted by Crippen LogP contribution is 2.05. The van der Waals surface area contributed by atoms with E-state index < -0.39 is 30.4 Å². The molecule has 2 aromatic carbocycles. The molecule has 0 bridgehead atoms. The largest absolute Gasteiger partial charge is 0.454 e. The van der Waals surface area contributed by atoms with Gasteiger partial charge in [-0.1, -0.05) is 29.8 Å². The molecule has 0 heterocycles. The number of benzene rings is 2. The molecule has 27 heavy (non-hydrogen) atoms. The first-order valence-corrected chi connectivity index (χ1v) is 8.40. The van der Waals surface area contributed by atoms with Crippen LogP contribution in [0.3, 0.4) is 0 Å². The zero-order chi connectivity index (χ0) is 19.8. The van der Waals surface area contributed by atoms with Crippen molar-refractivity contribution in [2.24, 2.45) is 0 Å². The van der Waals surface area contributed by atoms with Crippen LogP contribution < -0.4 is 10.6 Å². The maximum absolute atomic E-state index is 12.8. The van der Waals surface area contributed by atoms with Crippen LogP contribution in [0.15, 0.2) is 48.5 Å². The third-order valence-corrected chi connectivity index (χ3v) is 3.73. The number of carbonyl (C=O) groups is 3. The SMILES string of the molecule is Cc1cccc(C(=O)N[C@@H](C)C(=O)OCC(=O)NCc2ccc(F)cc2)c1. The number of hydrogen-bond acceptors (Lipinski definition) is 4. The standard InChI is InChI=1S/C20H21FN2O4/c1-13-4-3-5-16(10-13)19(25)23-14(2)20(26)27-12-18(24)22-11-15-6-8-17(21)9-7-15/h3-10,14H,11-12H2,1-2H3,(H,22,24)(H,23,25)/t14-/m0/s1. The average Bonchev–Trinajstić information content (AvgIpc) is 2.65. The Hall–Kier alpha value is -3.22. The molecule has 2 aromatic rings. The molecule has 0 aromatic heterocycles. The molecular weight excluding hydrogens is 351 g/mol. The van der Waals surface area contributed by atoms with Gasteiger partial charge in [0, 0.05) is 12.1 Å². The number of carbonyl (C=O) groups excluding carboxylic acids is 3. The second-order valence-electron chi connectivity index (χ2n) is 6.08. The zero-order valence-electron chi connectivity index (χ0n) is 15.1. The average molecular weight is 372 g/mol. The van der Waals surface area contributed by atoms with E-state index in [-0.39, 0.29) is 12.4 Å². The molecule has 0 spiro atoms. The van der Waals surface area contributed by atoms with Crippen LogP contribution in [0.25, 0.3) is 0 Å². The summed E-state index contributed by atoms with van der Waals surface area (Å²) in [6.07, 6.45) is 0. The predicted molar refractivity (Wildman–Crippen MR) is 97.3 cm³/mol. The minimum Gasteiger partial charge on any atom is -0.454 e. The van der Waals surface area contributed by atoms with E-state index in [4.69, 9.17) is 4.74 Å². The summed E-state index contributed by atoms with van der Waals surface area (Å²) < 4.78 is 17.7. The van der Waals surface area contributed by atoms with Gasteiger partial charge in [-0.2, -0.15) is 0 Å². The molecule has 0 unspecified atom stereocenters. The van der Waals surface area contributed by atoms with Crippen molar-refractivity contribution in [1.82, 2.24) is 10.6 Å². The molecule has 142 valence electrons. The number of halogens is 1. The van der Waals surface area contributed by atoms with E-state index in [2.05, 4.69) is 10.6 Å². The van der Waals surface area contributed by atoms with Gasteiger partial charge >= 0.3 is 5.97 Å². The van der Waals surface area contributed by atoms with Crippen molar-refractivity contribution in [2.45, 2.75) is 26.4 Å². The molecule has 0 fully saturated rings. The fourth-order valence-electron chi connectivity index (χ4n) is 2.24. The highest BCUT2D eigenvalue weighted by Gasteiger charge is 2.19. The highest BCUT2D eigenvalue weighted by atomic mass is 19.1. The van der Waals surface area contributed by atoms with Crippen molar-refractivity contribution in [3.8, 4) is 0 Å². The first-order chi connectivity index (χ1) is 12.8. The Morgan fingerprint density at radius 3 is 2.48 bits per heavy atom. The number of hydrogen-bond donors (Lipinski definition) is 2. The van der Waals surface area contributed by atoms with Crippen molar-refractivity contribution in [1.29, 1.82) is 0 Å². The predicted octanol–water partition coefficient (Wildman–Crippen LogP) is 2.11. The third kappa shape index (κ3) is 6.54. The van der Waals surface area contributed by atoms with Crippen molar-refractivity contribution in [3.63, 3.8) is 0 Å². The van der Waals surface area contributed by atoms with Crippen LogP contribution in [0.1, 0.15) is 28.4 Å². The summed E-state index contributed by atoms with van der Waals surface area (Å²) in [6, 6.07) is 11.7. The second-order valence-corrected chi connectivity index (χ2v) is 6.08. The van der Waals surface area contributed by atoms with Crippen molar-refractivity contribution in [2.75, 3.05) is 6.61 Å². The monoisotopic (exact) mass is 372 g/mol. The highest BCUT2D eigenvalue weighted by molar-refractivity contribution is 5.97. The molecule has 1 atom stereocenters. The lowest BCUT2D eigenvalue weighted by molar-refractivity contribution is -0.150. The normalized spacial score (nSPS) is 11.4. The first kappa shape index (κ1) is 20.1. The maximum Gasteiger partial charge on any atom is 0.328 e. The molecule has 2 N–H and O–H groups in total. The summed E-state index contributed by atoms with van der Waals surface area (Å²) in [5.74, 6) is -1.97. The summed E-state index contributed by atoms with van der Waals surface area (Å²) in [5.41, 5.74) is 2.08. The van der Waals surface area contributed by atoms with Crippen molar-refractivity contribution < 1.29 is 23.5 Å². The molecule has 0 radical (unpaired) electrons. The van der Waals surface area contributed by atoms with Crippen LogP contribution in [0.4, 0.5) is 4.39 Å². The van der Waals surface area contributed by atoms with Gasteiger partial charge in [0.2, 0.25) is 0 Å². The summed E-state index contributed by atoms with van der Waals surface area (Å²) in [6.45, 7) is 3.06. The Balaban J connectivity index is 1.74. The van der Waals surface area contributed by atoms with Crippen LogP contribution in [0.5, 0.6) is 0 Å². The van der Waals surface area contributed by atoms with Crippen molar-refractivity contribution in [3.05, 3.63) is 71.0 Å². The number of nitrogens with one attached hydrogen (secondary N) is 2. The van der Waals surface area contributed by atoms with Crippen molar-refractivity contribution >= 4 is 17.8 Å². The molecule has 2 rings (SSSR count). The quantitative estimate of drug-likeness (QED) is 0.729. The van der Waals surface area contributed by atoms with Gasteiger partial charge in [-0.3, -0.25) is 9.59 Å². The van der Waals surface area contributed by atoms with E-state index >= 15 is 0 Å². The molecule has 6 nitrogen and oxygen atoms in total. The van der Waals surface area contributed by atoms with Gasteiger partial charge in [0.1, 0.15) is 11.9 Å². The van der Waals surface area contributed by atoms with Gasteiger partial charge in [-0.05, 0) is 43.7 Å². The number of esters is 1. The van der Waals surface area contributed by atoms with Crippen LogP contribution in [-0.4, -0.2) is 30.4 Å². The Kier molecular flexibility index (Phi) is 7.05. The summed E-state index contributed by atoms with van der Waals surface area (Å²) in [4.78, 5) is 35.8. The number of rotatable bonds is 7. The van der Waals surface area contributed by atoms with E-state index in [1.165, 1.54) is 19.1 Å². The Morgan fingerprint density at radius 2 is 1.81 bits per heavy atom. The van der Waals surface area contributed by atoms with E-state index in [1.807, 2.05) is 13.0 Å². The zero-order valence-corrected chi connectivity index (χ0v) is 15.1. The van der Waals surface area contributed by atoms with Gasteiger partial charge in [0.25, 0.3) is 11.8 Å². The Bertz CT molecular complexity index is 821. The van der Waals surface area contributed by atoms with Crippen LogP contribution in [0, 0.1) is 12.7 Å². The second kappa shape index (κ2) is 9.47. The lowest BCUT2D eigenvalue weighted by Crippen LogP contribution is -2.41. The number of aryl methyl sites for hydroxylation is 1.